The molecule has 0 saturated carbocycles. The number of nitrogens with one attached hydrogen (secondary N) is 1. The van der Waals surface area contributed by atoms with E-state index in [1.165, 1.54) is 12.1 Å². The molecule has 7 heteroatoms. The van der Waals surface area contributed by atoms with Gasteiger partial charge in [-0.25, -0.2) is 9.18 Å². The summed E-state index contributed by atoms with van der Waals surface area (Å²) in [6.45, 7) is 7.04. The Morgan fingerprint density at radius 3 is 2.34 bits per heavy atom. The fourth-order valence-corrected chi connectivity index (χ4v) is 4.41. The van der Waals surface area contributed by atoms with Crippen molar-refractivity contribution in [1.82, 2.24) is 15.1 Å². The minimum absolute atomic E-state index is 0.121. The molecule has 38 heavy (non-hydrogen) atoms. The molecule has 0 radical (unpaired) electrons. The highest BCUT2D eigenvalue weighted by molar-refractivity contribution is 5.74. The number of carbonyl (C=O) groups excluding carboxylic acids is 1. The molecule has 1 heterocycles. The van der Waals surface area contributed by atoms with Crippen LogP contribution < -0.4 is 14.8 Å². The number of hydrogen-bond acceptors (Lipinski definition) is 4. The number of nitrogens with zero attached hydrogens (tertiary/aromatic N) is 2. The maximum absolute atomic E-state index is 13.4. The molecule has 6 nitrogen and oxygen atoms in total. The number of hydrogen-bond donors (Lipinski definition) is 1. The zero-order valence-corrected chi connectivity index (χ0v) is 23.0. The summed E-state index contributed by atoms with van der Waals surface area (Å²) in [5, 5.41) is 3.09. The highest BCUT2D eigenvalue weighted by Gasteiger charge is 2.27. The lowest BCUT2D eigenvalue weighted by atomic mass is 10.0. The van der Waals surface area contributed by atoms with E-state index in [1.54, 1.807) is 19.2 Å². The lowest BCUT2D eigenvalue weighted by Crippen LogP contribution is -2.49. The molecule has 3 aromatic carbocycles. The predicted octanol–water partition coefficient (Wildman–Crippen LogP) is 6.25. The maximum atomic E-state index is 13.4. The van der Waals surface area contributed by atoms with Gasteiger partial charge in [-0.1, -0.05) is 56.3 Å². The average molecular weight is 522 g/mol. The number of ether oxygens (including phenoxy) is 2. The van der Waals surface area contributed by atoms with Gasteiger partial charge in [0.2, 0.25) is 0 Å². The zero-order chi connectivity index (χ0) is 27.3. The molecular formula is C31H40FN3O3. The summed E-state index contributed by atoms with van der Waals surface area (Å²) in [6.07, 6.45) is 1.80. The number of halogens is 1. The summed E-state index contributed by atoms with van der Waals surface area (Å²) in [7, 11) is 3.72. The Bertz CT molecular complexity index is 1120. The van der Waals surface area contributed by atoms with Gasteiger partial charge in [-0.2, -0.15) is 0 Å². The molecule has 1 aliphatic rings. The van der Waals surface area contributed by atoms with E-state index < -0.39 is 0 Å². The smallest absolute Gasteiger partial charge is 0.318 e. The van der Waals surface area contributed by atoms with Crippen LogP contribution in [0.4, 0.5) is 9.18 Å². The van der Waals surface area contributed by atoms with E-state index in [0.717, 1.165) is 42.6 Å². The first-order valence-electron chi connectivity index (χ1n) is 13.3. The van der Waals surface area contributed by atoms with Gasteiger partial charge in [-0.3, -0.25) is 0 Å². The molecule has 1 fully saturated rings. The van der Waals surface area contributed by atoms with Gasteiger partial charge in [0.1, 0.15) is 23.9 Å². The van der Waals surface area contributed by atoms with Crippen LogP contribution in [0.1, 0.15) is 43.4 Å². The Morgan fingerprint density at radius 1 is 1.00 bits per heavy atom. The molecule has 0 aliphatic carbocycles. The van der Waals surface area contributed by atoms with Crippen LogP contribution in [0.3, 0.4) is 0 Å². The summed E-state index contributed by atoms with van der Waals surface area (Å²) in [5.74, 6) is 1.08. The number of piperidine rings is 1. The van der Waals surface area contributed by atoms with E-state index in [2.05, 4.69) is 17.3 Å². The maximum Gasteiger partial charge on any atom is 0.318 e. The third-order valence-electron chi connectivity index (χ3n) is 6.60. The number of carbonyl (C=O) groups is 1. The second-order valence-electron chi connectivity index (χ2n) is 9.20. The topological polar surface area (TPSA) is 54.0 Å². The van der Waals surface area contributed by atoms with E-state index in [-0.39, 0.29) is 17.9 Å². The standard InChI is InChI=1S/C29H34FN3O3.C2H6/c1-32-16-14-26(15-17-32)33(20-22-8-11-25(30)12-9-22)29(34)31-19-24-10-13-27(35-2)18-28(24)36-21-23-6-4-3-5-7-23;1-2/h3-13,18,26H,14-17,19-21H2,1-2H3,(H,31,34);1-2H3. The van der Waals surface area contributed by atoms with Crippen LogP contribution in [-0.4, -0.2) is 49.1 Å². The number of rotatable bonds is 9. The van der Waals surface area contributed by atoms with Crippen LogP contribution in [-0.2, 0) is 19.7 Å². The van der Waals surface area contributed by atoms with E-state index >= 15 is 0 Å². The Morgan fingerprint density at radius 2 is 1.68 bits per heavy atom. The fraction of sp³-hybridized carbons (Fsp3) is 0.387. The van der Waals surface area contributed by atoms with Crippen molar-refractivity contribution in [1.29, 1.82) is 0 Å². The molecule has 0 atom stereocenters. The van der Waals surface area contributed by atoms with Crippen LogP contribution in [0.5, 0.6) is 11.5 Å². The van der Waals surface area contributed by atoms with Crippen molar-refractivity contribution in [3.05, 3.63) is 95.3 Å². The molecule has 2 amide bonds. The molecule has 1 N–H and O–H groups in total. The van der Waals surface area contributed by atoms with Gasteiger partial charge in [-0.15, -0.1) is 0 Å². The highest BCUT2D eigenvalue weighted by Crippen LogP contribution is 2.26. The molecule has 0 unspecified atom stereocenters. The minimum Gasteiger partial charge on any atom is -0.497 e. The minimum atomic E-state index is -0.281. The highest BCUT2D eigenvalue weighted by atomic mass is 19.1. The van der Waals surface area contributed by atoms with Gasteiger partial charge >= 0.3 is 6.03 Å². The fourth-order valence-electron chi connectivity index (χ4n) is 4.41. The lowest BCUT2D eigenvalue weighted by Gasteiger charge is -2.37. The molecule has 1 aliphatic heterocycles. The van der Waals surface area contributed by atoms with Crippen molar-refractivity contribution in [2.45, 2.75) is 52.4 Å². The molecule has 4 rings (SSSR count). The van der Waals surface area contributed by atoms with Gasteiger partial charge in [-0.05, 0) is 68.4 Å². The Balaban J connectivity index is 0.00000195. The number of urea groups is 1. The van der Waals surface area contributed by atoms with E-state index in [4.69, 9.17) is 9.47 Å². The van der Waals surface area contributed by atoms with Crippen molar-refractivity contribution in [2.75, 3.05) is 27.2 Å². The Kier molecular flexibility index (Phi) is 11.4. The van der Waals surface area contributed by atoms with E-state index in [1.807, 2.05) is 67.3 Å². The van der Waals surface area contributed by atoms with Gasteiger partial charge in [0.15, 0.2) is 0 Å². The van der Waals surface area contributed by atoms with Crippen molar-refractivity contribution in [2.24, 2.45) is 0 Å². The lowest BCUT2D eigenvalue weighted by molar-refractivity contribution is 0.127. The summed E-state index contributed by atoms with van der Waals surface area (Å²) >= 11 is 0. The SMILES string of the molecule is CC.COc1ccc(CNC(=O)N(Cc2ccc(F)cc2)C2CCN(C)CC2)c(OCc2ccccc2)c1. The van der Waals surface area contributed by atoms with E-state index in [9.17, 15) is 9.18 Å². The first-order valence-corrected chi connectivity index (χ1v) is 13.3. The van der Waals surface area contributed by atoms with Crippen LogP contribution >= 0.6 is 0 Å². The monoisotopic (exact) mass is 521 g/mol. The molecule has 0 spiro atoms. The Hall–Kier alpha value is -3.58. The zero-order valence-electron chi connectivity index (χ0n) is 23.0. The second-order valence-corrected chi connectivity index (χ2v) is 9.20. The number of benzene rings is 3. The average Bonchev–Trinajstić information content (AvgIpc) is 2.97. The van der Waals surface area contributed by atoms with Gasteiger partial charge in [0.25, 0.3) is 0 Å². The number of likely N-dealkylation sites (tertiary alicyclic amines) is 1. The summed E-state index contributed by atoms with van der Waals surface area (Å²) < 4.78 is 24.9. The van der Waals surface area contributed by atoms with E-state index in [0.29, 0.717) is 31.2 Å². The summed E-state index contributed by atoms with van der Waals surface area (Å²) in [6, 6.07) is 21.9. The molecule has 204 valence electrons. The third-order valence-corrected chi connectivity index (χ3v) is 6.60. The van der Waals surface area contributed by atoms with Crippen LogP contribution in [0, 0.1) is 5.82 Å². The van der Waals surface area contributed by atoms with Gasteiger partial charge < -0.3 is 24.6 Å². The third kappa shape index (κ3) is 8.48. The van der Waals surface area contributed by atoms with Crippen LogP contribution in [0.2, 0.25) is 0 Å². The normalized spacial score (nSPS) is 13.7. The Labute approximate surface area is 226 Å². The summed E-state index contributed by atoms with van der Waals surface area (Å²) in [4.78, 5) is 17.6. The van der Waals surface area contributed by atoms with Crippen LogP contribution in [0.15, 0.2) is 72.8 Å². The molecule has 0 aromatic heterocycles. The van der Waals surface area contributed by atoms with Crippen molar-refractivity contribution in [3.8, 4) is 11.5 Å². The molecule has 1 saturated heterocycles. The van der Waals surface area contributed by atoms with Crippen molar-refractivity contribution in [3.63, 3.8) is 0 Å². The first kappa shape index (κ1) is 29.0. The quantitative estimate of drug-likeness (QED) is 0.362. The molecular weight excluding hydrogens is 481 g/mol. The summed E-state index contributed by atoms with van der Waals surface area (Å²) in [5.41, 5.74) is 2.83. The van der Waals surface area contributed by atoms with Gasteiger partial charge in [0, 0.05) is 30.8 Å². The number of amides is 2. The van der Waals surface area contributed by atoms with Crippen molar-refractivity contribution >= 4 is 6.03 Å². The molecule has 0 bridgehead atoms. The number of methoxy groups -OCH3 is 1. The molecule has 3 aromatic rings. The largest absolute Gasteiger partial charge is 0.497 e. The second kappa shape index (κ2) is 15.0. The van der Waals surface area contributed by atoms with Crippen molar-refractivity contribution < 1.29 is 18.7 Å². The van der Waals surface area contributed by atoms with Gasteiger partial charge in [0.05, 0.1) is 7.11 Å². The van der Waals surface area contributed by atoms with Crippen LogP contribution in [0.25, 0.3) is 0 Å². The predicted molar refractivity (Wildman–Crippen MR) is 150 cm³/mol. The first-order chi connectivity index (χ1) is 18.5.